The second kappa shape index (κ2) is 8.68. The van der Waals surface area contributed by atoms with E-state index in [1.165, 1.54) is 11.1 Å². The lowest BCUT2D eigenvalue weighted by molar-refractivity contribution is -0.138. The minimum absolute atomic E-state index is 0.0530. The molecule has 3 heterocycles. The smallest absolute Gasteiger partial charge is 0.241 e. The average molecular weight is 381 g/mol. The van der Waals surface area contributed by atoms with Crippen LogP contribution in [-0.2, 0) is 9.59 Å². The fourth-order valence-corrected chi connectivity index (χ4v) is 3.61. The van der Waals surface area contributed by atoms with Crippen LogP contribution in [0.15, 0.2) is 18.3 Å². The quantitative estimate of drug-likeness (QED) is 0.766. The van der Waals surface area contributed by atoms with E-state index in [0.29, 0.717) is 44.7 Å². The zero-order valence-corrected chi connectivity index (χ0v) is 15.6. The van der Waals surface area contributed by atoms with E-state index in [2.05, 4.69) is 16.0 Å². The molecule has 1 aromatic rings. The molecular formula is C19H23N7O2. The Balaban J connectivity index is 1.50. The van der Waals surface area contributed by atoms with Gasteiger partial charge in [0.1, 0.15) is 17.9 Å². The van der Waals surface area contributed by atoms with Gasteiger partial charge in [-0.25, -0.2) is 4.98 Å². The summed E-state index contributed by atoms with van der Waals surface area (Å²) in [6.07, 6.45) is 2.93. The molecule has 0 unspecified atom stereocenters. The summed E-state index contributed by atoms with van der Waals surface area (Å²) in [6.45, 7) is 2.81. The minimum Gasteiger partial charge on any atom is -0.353 e. The van der Waals surface area contributed by atoms with Gasteiger partial charge in [0, 0.05) is 38.9 Å². The van der Waals surface area contributed by atoms with Crippen LogP contribution in [0.5, 0.6) is 0 Å². The Kier molecular flexibility index (Phi) is 6.07. The van der Waals surface area contributed by atoms with Crippen molar-refractivity contribution in [1.29, 1.82) is 10.5 Å². The highest BCUT2D eigenvalue weighted by Crippen LogP contribution is 2.18. The van der Waals surface area contributed by atoms with Crippen molar-refractivity contribution in [1.82, 2.24) is 14.8 Å². The van der Waals surface area contributed by atoms with Crippen molar-refractivity contribution in [2.75, 3.05) is 37.6 Å². The molecule has 28 heavy (non-hydrogen) atoms. The van der Waals surface area contributed by atoms with Crippen molar-refractivity contribution in [3.05, 3.63) is 23.9 Å². The van der Waals surface area contributed by atoms with Crippen molar-refractivity contribution in [2.24, 2.45) is 5.73 Å². The van der Waals surface area contributed by atoms with E-state index in [0.717, 1.165) is 12.2 Å². The van der Waals surface area contributed by atoms with Gasteiger partial charge < -0.3 is 20.4 Å². The molecule has 0 spiro atoms. The third-order valence-electron chi connectivity index (χ3n) is 5.23. The van der Waals surface area contributed by atoms with Gasteiger partial charge in [-0.3, -0.25) is 9.59 Å². The fraction of sp³-hybridized carbons (Fsp3) is 0.526. The van der Waals surface area contributed by atoms with E-state index < -0.39 is 12.1 Å². The number of nitrogens with zero attached hydrogens (tertiary/aromatic N) is 6. The number of piperazine rings is 1. The Morgan fingerprint density at radius 2 is 1.96 bits per heavy atom. The fourth-order valence-electron chi connectivity index (χ4n) is 3.61. The second-order valence-electron chi connectivity index (χ2n) is 7.01. The van der Waals surface area contributed by atoms with Crippen LogP contribution < -0.4 is 10.6 Å². The highest BCUT2D eigenvalue weighted by Gasteiger charge is 2.33. The first-order chi connectivity index (χ1) is 13.5. The standard InChI is InChI=1S/C19H23N7O2/c20-11-14-3-4-17(23-13-14)24-6-8-25(9-7-24)18(27)10-16(22)19(28)26-5-1-2-15(26)12-21/h3-4,13,15-16H,1-2,5-10,22H2/t15-,16-/m0/s1. The van der Waals surface area contributed by atoms with Gasteiger partial charge >= 0.3 is 0 Å². The SMILES string of the molecule is N#Cc1ccc(N2CCN(C(=O)C[C@H](N)C(=O)N3CCC[C@H]3C#N)CC2)nc1. The largest absolute Gasteiger partial charge is 0.353 e. The van der Waals surface area contributed by atoms with Gasteiger partial charge in [-0.1, -0.05) is 0 Å². The van der Waals surface area contributed by atoms with Crippen LogP contribution in [0.25, 0.3) is 0 Å². The summed E-state index contributed by atoms with van der Waals surface area (Å²) in [5.74, 6) is 0.299. The van der Waals surface area contributed by atoms with E-state index in [-0.39, 0.29) is 18.2 Å². The van der Waals surface area contributed by atoms with Gasteiger partial charge in [0.2, 0.25) is 11.8 Å². The van der Waals surface area contributed by atoms with Gasteiger partial charge in [-0.15, -0.1) is 0 Å². The van der Waals surface area contributed by atoms with E-state index in [4.69, 9.17) is 16.3 Å². The van der Waals surface area contributed by atoms with Gasteiger partial charge in [0.15, 0.2) is 0 Å². The maximum absolute atomic E-state index is 12.5. The third-order valence-corrected chi connectivity index (χ3v) is 5.23. The van der Waals surface area contributed by atoms with Crippen molar-refractivity contribution in [2.45, 2.75) is 31.3 Å². The molecule has 0 saturated carbocycles. The Morgan fingerprint density at radius 1 is 1.21 bits per heavy atom. The minimum atomic E-state index is -0.917. The number of amides is 2. The summed E-state index contributed by atoms with van der Waals surface area (Å²) < 4.78 is 0. The molecule has 2 saturated heterocycles. The maximum Gasteiger partial charge on any atom is 0.241 e. The Bertz CT molecular complexity index is 803. The van der Waals surface area contributed by atoms with E-state index in [1.807, 2.05) is 6.07 Å². The molecule has 0 aliphatic carbocycles. The number of anilines is 1. The summed E-state index contributed by atoms with van der Waals surface area (Å²) in [6, 6.07) is 6.32. The highest BCUT2D eigenvalue weighted by molar-refractivity contribution is 5.88. The lowest BCUT2D eigenvalue weighted by Gasteiger charge is -2.36. The number of nitrogens with two attached hydrogens (primary N) is 1. The summed E-state index contributed by atoms with van der Waals surface area (Å²) in [7, 11) is 0. The van der Waals surface area contributed by atoms with Crippen molar-refractivity contribution >= 4 is 17.6 Å². The first-order valence-corrected chi connectivity index (χ1v) is 9.38. The third kappa shape index (κ3) is 4.21. The molecular weight excluding hydrogens is 358 g/mol. The van der Waals surface area contributed by atoms with Crippen LogP contribution in [-0.4, -0.2) is 71.4 Å². The highest BCUT2D eigenvalue weighted by atomic mass is 16.2. The second-order valence-corrected chi connectivity index (χ2v) is 7.01. The maximum atomic E-state index is 12.5. The molecule has 9 nitrogen and oxygen atoms in total. The molecule has 1 aromatic heterocycles. The molecule has 2 amide bonds. The molecule has 0 radical (unpaired) electrons. The molecule has 0 aromatic carbocycles. The van der Waals surface area contributed by atoms with Crippen LogP contribution in [0.2, 0.25) is 0 Å². The molecule has 2 atom stereocenters. The van der Waals surface area contributed by atoms with Crippen LogP contribution in [0.1, 0.15) is 24.8 Å². The molecule has 2 N–H and O–H groups in total. The monoisotopic (exact) mass is 381 g/mol. The van der Waals surface area contributed by atoms with Crippen molar-refractivity contribution < 1.29 is 9.59 Å². The normalized spacial score (nSPS) is 20.4. The summed E-state index contributed by atoms with van der Waals surface area (Å²) >= 11 is 0. The molecule has 3 rings (SSSR count). The van der Waals surface area contributed by atoms with Crippen LogP contribution in [0, 0.1) is 22.7 Å². The van der Waals surface area contributed by atoms with Gasteiger partial charge in [0.25, 0.3) is 0 Å². The van der Waals surface area contributed by atoms with Crippen molar-refractivity contribution in [3.63, 3.8) is 0 Å². The van der Waals surface area contributed by atoms with Gasteiger partial charge in [0.05, 0.1) is 24.1 Å². The van der Waals surface area contributed by atoms with E-state index >= 15 is 0 Å². The molecule has 2 fully saturated rings. The summed E-state index contributed by atoms with van der Waals surface area (Å²) in [5, 5.41) is 18.0. The zero-order valence-electron chi connectivity index (χ0n) is 15.6. The number of hydrogen-bond acceptors (Lipinski definition) is 7. The predicted molar refractivity (Wildman–Crippen MR) is 101 cm³/mol. The number of hydrogen-bond donors (Lipinski definition) is 1. The van der Waals surface area contributed by atoms with Crippen LogP contribution >= 0.6 is 0 Å². The topological polar surface area (TPSA) is 130 Å². The van der Waals surface area contributed by atoms with Crippen molar-refractivity contribution in [3.8, 4) is 12.1 Å². The first-order valence-electron chi connectivity index (χ1n) is 9.38. The number of carbonyl (C=O) groups excluding carboxylic acids is 2. The Hall–Kier alpha value is -3.17. The van der Waals surface area contributed by atoms with Gasteiger partial charge in [-0.05, 0) is 25.0 Å². The summed E-state index contributed by atoms with van der Waals surface area (Å²) in [4.78, 5) is 34.5. The van der Waals surface area contributed by atoms with E-state index in [9.17, 15) is 9.59 Å². The van der Waals surface area contributed by atoms with Crippen LogP contribution in [0.3, 0.4) is 0 Å². The molecule has 2 aliphatic rings. The van der Waals surface area contributed by atoms with E-state index in [1.54, 1.807) is 17.0 Å². The first kappa shape index (κ1) is 19.6. The van der Waals surface area contributed by atoms with Crippen LogP contribution in [0.4, 0.5) is 5.82 Å². The Labute approximate surface area is 163 Å². The lowest BCUT2D eigenvalue weighted by Crippen LogP contribution is -2.52. The Morgan fingerprint density at radius 3 is 2.57 bits per heavy atom. The number of likely N-dealkylation sites (tertiary alicyclic amines) is 1. The molecule has 0 bridgehead atoms. The molecule has 2 aliphatic heterocycles. The summed E-state index contributed by atoms with van der Waals surface area (Å²) in [5.41, 5.74) is 6.48. The number of nitriles is 2. The lowest BCUT2D eigenvalue weighted by atomic mass is 10.1. The van der Waals surface area contributed by atoms with Gasteiger partial charge in [-0.2, -0.15) is 10.5 Å². The molecule has 146 valence electrons. The number of pyridine rings is 1. The average Bonchev–Trinajstić information content (AvgIpc) is 3.22. The predicted octanol–water partition coefficient (Wildman–Crippen LogP) is -0.166. The number of rotatable bonds is 4. The molecule has 9 heteroatoms. The number of carbonyl (C=O) groups is 2. The zero-order chi connectivity index (χ0) is 20.1. The number of aromatic nitrogens is 1.